The van der Waals surface area contributed by atoms with Gasteiger partial charge in [0.1, 0.15) is 0 Å². The van der Waals surface area contributed by atoms with Crippen LogP contribution in [-0.2, 0) is 0 Å². The van der Waals surface area contributed by atoms with Crippen molar-refractivity contribution in [1.29, 1.82) is 0 Å². The molecule has 0 aliphatic heterocycles. The van der Waals surface area contributed by atoms with Gasteiger partial charge in [-0.1, -0.05) is 11.6 Å². The average molecular weight is 223 g/mol. The van der Waals surface area contributed by atoms with Gasteiger partial charge >= 0.3 is 0 Å². The number of carbonyl (C=O) groups excluding carboxylic acids is 1. The Hall–Kier alpha value is -0.960. The van der Waals surface area contributed by atoms with E-state index in [-0.39, 0.29) is 0 Å². The van der Waals surface area contributed by atoms with Gasteiger partial charge < -0.3 is 4.90 Å². The number of benzene rings is 1. The number of anilines is 1. The maximum Gasteiger partial charge on any atom is 0.152 e. The van der Waals surface area contributed by atoms with Crippen LogP contribution >= 0.6 is 11.8 Å². The Morgan fingerprint density at radius 2 is 2.20 bits per heavy atom. The SMILES string of the molecule is CSCCN(C)c1ccc(C)cc1C=O. The number of hydrogen-bond donors (Lipinski definition) is 0. The molecule has 0 aliphatic rings. The highest BCUT2D eigenvalue weighted by Crippen LogP contribution is 2.19. The lowest BCUT2D eigenvalue weighted by molar-refractivity contribution is 0.112. The highest BCUT2D eigenvalue weighted by Gasteiger charge is 2.06. The van der Waals surface area contributed by atoms with Gasteiger partial charge in [0.25, 0.3) is 0 Å². The summed E-state index contributed by atoms with van der Waals surface area (Å²) in [6, 6.07) is 5.98. The molecule has 0 atom stereocenters. The van der Waals surface area contributed by atoms with Crippen molar-refractivity contribution in [3.05, 3.63) is 29.3 Å². The molecule has 2 nitrogen and oxygen atoms in total. The Morgan fingerprint density at radius 3 is 2.80 bits per heavy atom. The summed E-state index contributed by atoms with van der Waals surface area (Å²) in [7, 11) is 2.02. The van der Waals surface area contributed by atoms with E-state index in [1.165, 1.54) is 0 Å². The fraction of sp³-hybridized carbons (Fsp3) is 0.417. The largest absolute Gasteiger partial charge is 0.373 e. The van der Waals surface area contributed by atoms with Crippen LogP contribution in [0.4, 0.5) is 5.69 Å². The molecule has 0 N–H and O–H groups in total. The smallest absolute Gasteiger partial charge is 0.152 e. The van der Waals surface area contributed by atoms with Gasteiger partial charge in [-0.15, -0.1) is 0 Å². The van der Waals surface area contributed by atoms with Crippen LogP contribution in [-0.4, -0.2) is 31.9 Å². The fourth-order valence-electron chi connectivity index (χ4n) is 1.46. The summed E-state index contributed by atoms with van der Waals surface area (Å²) in [6.45, 7) is 2.96. The third kappa shape index (κ3) is 3.27. The topological polar surface area (TPSA) is 20.3 Å². The first kappa shape index (κ1) is 12.1. The lowest BCUT2D eigenvalue weighted by Gasteiger charge is -2.20. The molecular formula is C12H17NOS. The van der Waals surface area contributed by atoms with E-state index in [4.69, 9.17) is 0 Å². The van der Waals surface area contributed by atoms with Crippen molar-refractivity contribution in [1.82, 2.24) is 0 Å². The second kappa shape index (κ2) is 5.81. The first-order chi connectivity index (χ1) is 7.19. The van der Waals surface area contributed by atoms with E-state index in [0.717, 1.165) is 35.4 Å². The quantitative estimate of drug-likeness (QED) is 0.716. The van der Waals surface area contributed by atoms with E-state index in [0.29, 0.717) is 0 Å². The number of rotatable bonds is 5. The van der Waals surface area contributed by atoms with Gasteiger partial charge in [-0.2, -0.15) is 11.8 Å². The zero-order valence-corrected chi connectivity index (χ0v) is 10.3. The Labute approximate surface area is 95.7 Å². The highest BCUT2D eigenvalue weighted by molar-refractivity contribution is 7.98. The van der Waals surface area contributed by atoms with Crippen molar-refractivity contribution < 1.29 is 4.79 Å². The maximum absolute atomic E-state index is 10.9. The maximum atomic E-state index is 10.9. The van der Waals surface area contributed by atoms with E-state index in [2.05, 4.69) is 11.2 Å². The summed E-state index contributed by atoms with van der Waals surface area (Å²) < 4.78 is 0. The van der Waals surface area contributed by atoms with Gasteiger partial charge in [0.15, 0.2) is 6.29 Å². The number of aldehydes is 1. The summed E-state index contributed by atoms with van der Waals surface area (Å²) in [4.78, 5) is 13.1. The first-order valence-corrected chi connectivity index (χ1v) is 6.34. The van der Waals surface area contributed by atoms with Crippen LogP contribution in [0.2, 0.25) is 0 Å². The van der Waals surface area contributed by atoms with Gasteiger partial charge in [-0.25, -0.2) is 0 Å². The lowest BCUT2D eigenvalue weighted by atomic mass is 10.1. The number of thioether (sulfide) groups is 1. The standard InChI is InChI=1S/C12H17NOS/c1-10-4-5-12(11(8-10)9-14)13(2)6-7-15-3/h4-5,8-9H,6-7H2,1-3H3. The Morgan fingerprint density at radius 1 is 1.47 bits per heavy atom. The molecule has 0 heterocycles. The second-order valence-corrected chi connectivity index (χ2v) is 4.58. The van der Waals surface area contributed by atoms with E-state index >= 15 is 0 Å². The molecule has 0 aliphatic carbocycles. The molecule has 0 saturated heterocycles. The van der Waals surface area contributed by atoms with Crippen molar-refractivity contribution in [2.75, 3.05) is 30.5 Å². The minimum absolute atomic E-state index is 0.776. The molecule has 0 amide bonds. The highest BCUT2D eigenvalue weighted by atomic mass is 32.2. The molecule has 0 fully saturated rings. The van der Waals surface area contributed by atoms with Gasteiger partial charge in [0.05, 0.1) is 0 Å². The number of nitrogens with zero attached hydrogens (tertiary/aromatic N) is 1. The van der Waals surface area contributed by atoms with Crippen LogP contribution < -0.4 is 4.90 Å². The van der Waals surface area contributed by atoms with Crippen LogP contribution in [0.15, 0.2) is 18.2 Å². The molecule has 1 rings (SSSR count). The molecule has 0 unspecified atom stereocenters. The zero-order chi connectivity index (χ0) is 11.3. The number of carbonyl (C=O) groups is 1. The minimum Gasteiger partial charge on any atom is -0.373 e. The molecule has 3 heteroatoms. The van der Waals surface area contributed by atoms with Crippen LogP contribution in [0, 0.1) is 6.92 Å². The summed E-state index contributed by atoms with van der Waals surface area (Å²) in [6.07, 6.45) is 3.02. The lowest BCUT2D eigenvalue weighted by Crippen LogP contribution is -2.21. The van der Waals surface area contributed by atoms with E-state index in [1.54, 1.807) is 0 Å². The molecule has 0 aromatic heterocycles. The fourth-order valence-corrected chi connectivity index (χ4v) is 1.92. The molecule has 0 saturated carbocycles. The van der Waals surface area contributed by atoms with Crippen LogP contribution in [0.3, 0.4) is 0 Å². The Balaban J connectivity index is 2.87. The third-order valence-corrected chi connectivity index (χ3v) is 2.94. The zero-order valence-electron chi connectivity index (χ0n) is 9.49. The summed E-state index contributed by atoms with van der Waals surface area (Å²) in [5.41, 5.74) is 2.92. The normalized spacial score (nSPS) is 10.1. The van der Waals surface area contributed by atoms with E-state index in [1.807, 2.05) is 43.9 Å². The van der Waals surface area contributed by atoms with E-state index in [9.17, 15) is 4.79 Å². The third-order valence-electron chi connectivity index (χ3n) is 2.35. The Bertz CT molecular complexity index is 338. The summed E-state index contributed by atoms with van der Waals surface area (Å²) >= 11 is 1.81. The van der Waals surface area contributed by atoms with E-state index < -0.39 is 0 Å². The van der Waals surface area contributed by atoms with Crippen molar-refractivity contribution in [3.63, 3.8) is 0 Å². The molecule has 82 valence electrons. The van der Waals surface area contributed by atoms with Gasteiger partial charge in [-0.05, 0) is 25.3 Å². The van der Waals surface area contributed by atoms with Crippen molar-refractivity contribution in [2.45, 2.75) is 6.92 Å². The molecule has 0 radical (unpaired) electrons. The van der Waals surface area contributed by atoms with Gasteiger partial charge in [0, 0.05) is 30.6 Å². The van der Waals surface area contributed by atoms with Crippen LogP contribution in [0.5, 0.6) is 0 Å². The summed E-state index contributed by atoms with van der Waals surface area (Å²) in [5.74, 6) is 1.07. The predicted octanol–water partition coefficient (Wildman–Crippen LogP) is 2.61. The number of hydrogen-bond acceptors (Lipinski definition) is 3. The summed E-state index contributed by atoms with van der Waals surface area (Å²) in [5, 5.41) is 0. The second-order valence-electron chi connectivity index (χ2n) is 3.59. The molecule has 1 aromatic rings. The number of aryl methyl sites for hydroxylation is 1. The van der Waals surface area contributed by atoms with Gasteiger partial charge in [-0.3, -0.25) is 4.79 Å². The van der Waals surface area contributed by atoms with Crippen molar-refractivity contribution >= 4 is 23.7 Å². The molecule has 15 heavy (non-hydrogen) atoms. The molecule has 0 spiro atoms. The minimum atomic E-state index is 0.776. The predicted molar refractivity (Wildman–Crippen MR) is 68.2 cm³/mol. The van der Waals surface area contributed by atoms with Crippen molar-refractivity contribution in [3.8, 4) is 0 Å². The van der Waals surface area contributed by atoms with Crippen LogP contribution in [0.25, 0.3) is 0 Å². The van der Waals surface area contributed by atoms with Gasteiger partial charge in [0.2, 0.25) is 0 Å². The van der Waals surface area contributed by atoms with Crippen molar-refractivity contribution in [2.24, 2.45) is 0 Å². The Kier molecular flexibility index (Phi) is 4.69. The first-order valence-electron chi connectivity index (χ1n) is 4.95. The van der Waals surface area contributed by atoms with Crippen LogP contribution in [0.1, 0.15) is 15.9 Å². The average Bonchev–Trinajstić information content (AvgIpc) is 2.25. The molecule has 0 bridgehead atoms. The molecule has 1 aromatic carbocycles. The molecular weight excluding hydrogens is 206 g/mol. The monoisotopic (exact) mass is 223 g/mol.